The predicted octanol–water partition coefficient (Wildman–Crippen LogP) is 7.44. The van der Waals surface area contributed by atoms with Crippen LogP contribution in [0.4, 0.5) is 5.69 Å². The number of halogens is 2. The minimum atomic E-state index is -0.415. The Morgan fingerprint density at radius 3 is 2.64 bits per heavy atom. The smallest absolute Gasteiger partial charge is 0.258 e. The number of oxazole rings is 1. The third-order valence-electron chi connectivity index (χ3n) is 5.40. The summed E-state index contributed by atoms with van der Waals surface area (Å²) < 4.78 is 5.96. The Morgan fingerprint density at radius 1 is 1.09 bits per heavy atom. The minimum absolute atomic E-state index is 0.0923. The van der Waals surface area contributed by atoms with Crippen molar-refractivity contribution in [2.75, 3.05) is 5.32 Å². The zero-order valence-electron chi connectivity index (χ0n) is 18.0. The predicted molar refractivity (Wildman–Crippen MR) is 138 cm³/mol. The van der Waals surface area contributed by atoms with Crippen LogP contribution in [0.2, 0.25) is 10.0 Å². The lowest BCUT2D eigenvalue weighted by molar-refractivity contribution is 0.0978. The Kier molecular flexibility index (Phi) is 6.98. The summed E-state index contributed by atoms with van der Waals surface area (Å²) in [5.41, 5.74) is 4.30. The molecule has 0 fully saturated rings. The largest absolute Gasteiger partial charge is 0.436 e. The molecule has 168 valence electrons. The summed E-state index contributed by atoms with van der Waals surface area (Å²) in [6, 6.07) is 18.1. The third-order valence-corrected chi connectivity index (χ3v) is 6.26. The van der Waals surface area contributed by atoms with Gasteiger partial charge in [0.2, 0.25) is 5.89 Å². The highest BCUT2D eigenvalue weighted by molar-refractivity contribution is 7.80. The SMILES string of the molecule is CC[C@H](C)c1ccc2oc(-c3ccc(Cl)c(NC(=S)NC(=O)c4ccccc4Cl)c3)nc2c1. The van der Waals surface area contributed by atoms with Gasteiger partial charge in [-0.15, -0.1) is 0 Å². The lowest BCUT2D eigenvalue weighted by Crippen LogP contribution is -2.34. The summed E-state index contributed by atoms with van der Waals surface area (Å²) in [5.74, 6) is 0.501. The Morgan fingerprint density at radius 2 is 1.88 bits per heavy atom. The molecule has 3 aromatic carbocycles. The van der Waals surface area contributed by atoms with E-state index in [9.17, 15) is 4.79 Å². The van der Waals surface area contributed by atoms with Crippen LogP contribution in [-0.2, 0) is 0 Å². The Labute approximate surface area is 207 Å². The second-order valence-electron chi connectivity index (χ2n) is 7.64. The van der Waals surface area contributed by atoms with E-state index >= 15 is 0 Å². The standard InChI is InChI=1S/C25H21Cl2N3O2S/c1-3-14(2)15-9-11-22-21(12-15)28-24(32-22)16-8-10-19(27)20(13-16)29-25(33)30-23(31)17-6-4-5-7-18(17)26/h4-14H,3H2,1-2H3,(H2,29,30,31,33)/t14-/m0/s1. The van der Waals surface area contributed by atoms with Crippen molar-refractivity contribution >= 4 is 63.2 Å². The maximum atomic E-state index is 12.5. The van der Waals surface area contributed by atoms with Crippen molar-refractivity contribution in [1.29, 1.82) is 0 Å². The van der Waals surface area contributed by atoms with E-state index in [2.05, 4.69) is 41.6 Å². The van der Waals surface area contributed by atoms with Crippen molar-refractivity contribution < 1.29 is 9.21 Å². The molecule has 1 amide bonds. The number of anilines is 1. The van der Waals surface area contributed by atoms with Gasteiger partial charge in [0.25, 0.3) is 5.91 Å². The molecule has 0 aliphatic carbocycles. The average Bonchev–Trinajstić information content (AvgIpc) is 3.23. The van der Waals surface area contributed by atoms with Crippen molar-refractivity contribution in [1.82, 2.24) is 10.3 Å². The van der Waals surface area contributed by atoms with E-state index in [-0.39, 0.29) is 5.11 Å². The Balaban J connectivity index is 1.55. The number of rotatable bonds is 5. The van der Waals surface area contributed by atoms with Gasteiger partial charge in [0.05, 0.1) is 21.3 Å². The van der Waals surface area contributed by atoms with Gasteiger partial charge in [-0.3, -0.25) is 10.1 Å². The number of benzene rings is 3. The van der Waals surface area contributed by atoms with E-state index in [0.29, 0.717) is 38.7 Å². The van der Waals surface area contributed by atoms with Crippen LogP contribution in [0.15, 0.2) is 65.1 Å². The molecule has 1 atom stereocenters. The molecular formula is C25H21Cl2N3O2S. The maximum Gasteiger partial charge on any atom is 0.258 e. The van der Waals surface area contributed by atoms with Gasteiger partial charge in [0.15, 0.2) is 10.7 Å². The fraction of sp³-hybridized carbons (Fsp3) is 0.160. The van der Waals surface area contributed by atoms with Gasteiger partial charge in [-0.25, -0.2) is 4.98 Å². The quantitative estimate of drug-likeness (QED) is 0.280. The number of nitrogens with one attached hydrogen (secondary N) is 2. The first-order valence-electron chi connectivity index (χ1n) is 10.4. The number of carbonyl (C=O) groups is 1. The van der Waals surface area contributed by atoms with Gasteiger partial charge in [-0.1, -0.05) is 55.2 Å². The molecule has 0 saturated heterocycles. The van der Waals surface area contributed by atoms with Gasteiger partial charge >= 0.3 is 0 Å². The molecule has 4 aromatic rings. The number of thiocarbonyl (C=S) groups is 1. The fourth-order valence-corrected chi connectivity index (χ4v) is 3.92. The number of carbonyl (C=O) groups excluding carboxylic acids is 1. The van der Waals surface area contributed by atoms with E-state index < -0.39 is 5.91 Å². The summed E-state index contributed by atoms with van der Waals surface area (Å²) in [5, 5.41) is 6.44. The zero-order valence-corrected chi connectivity index (χ0v) is 20.3. The van der Waals surface area contributed by atoms with Crippen LogP contribution < -0.4 is 10.6 Å². The molecule has 0 aliphatic heterocycles. The van der Waals surface area contributed by atoms with Crippen molar-refractivity contribution in [3.05, 3.63) is 81.8 Å². The van der Waals surface area contributed by atoms with Crippen LogP contribution in [0.5, 0.6) is 0 Å². The number of hydrogen-bond donors (Lipinski definition) is 2. The van der Waals surface area contributed by atoms with E-state index in [1.165, 1.54) is 5.56 Å². The van der Waals surface area contributed by atoms with Crippen molar-refractivity contribution in [2.24, 2.45) is 0 Å². The average molecular weight is 498 g/mol. The maximum absolute atomic E-state index is 12.5. The summed E-state index contributed by atoms with van der Waals surface area (Å²) in [4.78, 5) is 17.1. The molecule has 33 heavy (non-hydrogen) atoms. The highest BCUT2D eigenvalue weighted by atomic mass is 35.5. The van der Waals surface area contributed by atoms with Gasteiger partial charge in [0.1, 0.15) is 5.52 Å². The molecule has 0 spiro atoms. The molecule has 0 radical (unpaired) electrons. The lowest BCUT2D eigenvalue weighted by atomic mass is 9.98. The van der Waals surface area contributed by atoms with Gasteiger partial charge in [0, 0.05) is 5.56 Å². The van der Waals surface area contributed by atoms with Gasteiger partial charge in [-0.05, 0) is 72.6 Å². The molecule has 0 saturated carbocycles. The fourth-order valence-electron chi connectivity index (χ4n) is 3.33. The van der Waals surface area contributed by atoms with Crippen molar-refractivity contribution in [2.45, 2.75) is 26.2 Å². The summed E-state index contributed by atoms with van der Waals surface area (Å²) >= 11 is 17.7. The monoisotopic (exact) mass is 497 g/mol. The second kappa shape index (κ2) is 9.91. The number of aromatic nitrogens is 1. The highest BCUT2D eigenvalue weighted by Crippen LogP contribution is 2.31. The van der Waals surface area contributed by atoms with Gasteiger partial charge < -0.3 is 9.73 Å². The molecule has 0 unspecified atom stereocenters. The van der Waals surface area contributed by atoms with Crippen LogP contribution in [0.1, 0.15) is 42.1 Å². The molecule has 0 aliphatic rings. The van der Waals surface area contributed by atoms with E-state index in [0.717, 1.165) is 17.5 Å². The normalized spacial score (nSPS) is 11.9. The lowest BCUT2D eigenvalue weighted by Gasteiger charge is -2.12. The Bertz CT molecular complexity index is 1350. The van der Waals surface area contributed by atoms with Crippen LogP contribution >= 0.6 is 35.4 Å². The second-order valence-corrected chi connectivity index (χ2v) is 8.86. The Hall–Kier alpha value is -2.93. The molecule has 1 aromatic heterocycles. The van der Waals surface area contributed by atoms with Crippen molar-refractivity contribution in [3.8, 4) is 11.5 Å². The van der Waals surface area contributed by atoms with E-state index in [1.54, 1.807) is 36.4 Å². The van der Waals surface area contributed by atoms with E-state index in [1.807, 2.05) is 12.1 Å². The van der Waals surface area contributed by atoms with Crippen LogP contribution in [0, 0.1) is 0 Å². The van der Waals surface area contributed by atoms with Crippen LogP contribution in [-0.4, -0.2) is 16.0 Å². The first-order chi connectivity index (χ1) is 15.9. The van der Waals surface area contributed by atoms with Gasteiger partial charge in [-0.2, -0.15) is 0 Å². The number of amides is 1. The molecule has 0 bridgehead atoms. The summed E-state index contributed by atoms with van der Waals surface area (Å²) in [6.07, 6.45) is 1.05. The molecule has 2 N–H and O–H groups in total. The third kappa shape index (κ3) is 5.19. The summed E-state index contributed by atoms with van der Waals surface area (Å²) in [6.45, 7) is 4.35. The van der Waals surface area contributed by atoms with Crippen LogP contribution in [0.25, 0.3) is 22.6 Å². The number of hydrogen-bond acceptors (Lipinski definition) is 4. The first kappa shape index (κ1) is 23.2. The molecule has 4 rings (SSSR count). The van der Waals surface area contributed by atoms with E-state index in [4.69, 9.17) is 39.8 Å². The van der Waals surface area contributed by atoms with Crippen molar-refractivity contribution in [3.63, 3.8) is 0 Å². The van der Waals surface area contributed by atoms with Crippen LogP contribution in [0.3, 0.4) is 0 Å². The number of fused-ring (bicyclic) bond motifs is 1. The molecule has 8 heteroatoms. The molecular weight excluding hydrogens is 477 g/mol. The molecule has 1 heterocycles. The first-order valence-corrected chi connectivity index (χ1v) is 11.6. The molecule has 5 nitrogen and oxygen atoms in total. The zero-order chi connectivity index (χ0) is 23.5. The topological polar surface area (TPSA) is 67.2 Å². The summed E-state index contributed by atoms with van der Waals surface area (Å²) in [7, 11) is 0. The minimum Gasteiger partial charge on any atom is -0.436 e. The number of nitrogens with zero attached hydrogens (tertiary/aromatic N) is 1. The highest BCUT2D eigenvalue weighted by Gasteiger charge is 2.15.